The first-order valence-electron chi connectivity index (χ1n) is 3.05. The molecule has 0 fully saturated rings. The number of rotatable bonds is 3. The van der Waals surface area contributed by atoms with Crippen LogP contribution in [0.5, 0.6) is 0 Å². The molecule has 0 aliphatic rings. The van der Waals surface area contributed by atoms with Gasteiger partial charge in [0.15, 0.2) is 0 Å². The first-order valence-corrected chi connectivity index (χ1v) is 3.05. The zero-order valence-electron chi connectivity index (χ0n) is 5.68. The van der Waals surface area contributed by atoms with Gasteiger partial charge in [-0.1, -0.05) is 26.7 Å². The van der Waals surface area contributed by atoms with Crippen molar-refractivity contribution in [3.63, 3.8) is 0 Å². The average Bonchev–Trinajstić information content (AvgIpc) is 1.72. The Morgan fingerprint density at radius 3 is 1.62 bits per heavy atom. The van der Waals surface area contributed by atoms with Crippen molar-refractivity contribution in [2.24, 2.45) is 11.7 Å². The second kappa shape index (κ2) is 7.44. The van der Waals surface area contributed by atoms with Crippen molar-refractivity contribution in [3.05, 3.63) is 0 Å². The van der Waals surface area contributed by atoms with Crippen LogP contribution in [0, 0.1) is 5.92 Å². The van der Waals surface area contributed by atoms with E-state index in [9.17, 15) is 0 Å². The van der Waals surface area contributed by atoms with Crippen LogP contribution < -0.4 is 5.73 Å². The van der Waals surface area contributed by atoms with Gasteiger partial charge in [0, 0.05) is 0 Å². The Bertz CT molecular complexity index is 30.0. The van der Waals surface area contributed by atoms with Gasteiger partial charge in [-0.15, -0.1) is 17.0 Å². The van der Waals surface area contributed by atoms with Gasteiger partial charge < -0.3 is 5.73 Å². The average molecular weight is 182 g/mol. The van der Waals surface area contributed by atoms with E-state index >= 15 is 0 Å². The normalized spacial score (nSPS) is 9.00. The summed E-state index contributed by atoms with van der Waals surface area (Å²) in [4.78, 5) is 0. The molecule has 8 heavy (non-hydrogen) atoms. The maximum absolute atomic E-state index is 5.39. The van der Waals surface area contributed by atoms with Crippen LogP contribution in [0.25, 0.3) is 0 Å². The van der Waals surface area contributed by atoms with Crippen LogP contribution in [-0.2, 0) is 0 Å². The molecule has 0 atom stereocenters. The summed E-state index contributed by atoms with van der Waals surface area (Å²) in [7, 11) is 0. The lowest BCUT2D eigenvalue weighted by Crippen LogP contribution is -2.11. The molecule has 0 bridgehead atoms. The van der Waals surface area contributed by atoms with E-state index in [0.29, 0.717) is 0 Å². The number of halogens is 1. The Labute approximate surface area is 62.4 Å². The third-order valence-electron chi connectivity index (χ3n) is 1.49. The fraction of sp³-hybridized carbons (Fsp3) is 1.00. The molecule has 0 saturated heterocycles. The van der Waals surface area contributed by atoms with Crippen LogP contribution in [0.2, 0.25) is 0 Å². The molecule has 0 amide bonds. The van der Waals surface area contributed by atoms with Crippen LogP contribution in [0.1, 0.15) is 26.7 Å². The number of hydrogen-bond acceptors (Lipinski definition) is 1. The summed E-state index contributed by atoms with van der Waals surface area (Å²) in [5.41, 5.74) is 5.39. The van der Waals surface area contributed by atoms with Gasteiger partial charge in [0.1, 0.15) is 0 Å². The molecule has 0 radical (unpaired) electrons. The fourth-order valence-corrected chi connectivity index (χ4v) is 0.622. The van der Waals surface area contributed by atoms with Crippen molar-refractivity contribution >= 4 is 17.0 Å². The van der Waals surface area contributed by atoms with Crippen molar-refractivity contribution in [2.75, 3.05) is 6.54 Å². The summed E-state index contributed by atoms with van der Waals surface area (Å²) in [5.74, 6) is 0.764. The third-order valence-corrected chi connectivity index (χ3v) is 1.49. The predicted octanol–water partition coefficient (Wildman–Crippen LogP) is 1.96. The highest BCUT2D eigenvalue weighted by Gasteiger charge is 1.96. The fourth-order valence-electron chi connectivity index (χ4n) is 0.622. The van der Waals surface area contributed by atoms with E-state index in [1.54, 1.807) is 0 Å². The molecule has 2 heteroatoms. The Hall–Kier alpha value is 0.440. The van der Waals surface area contributed by atoms with Gasteiger partial charge in [-0.3, -0.25) is 0 Å². The minimum absolute atomic E-state index is 0. The lowest BCUT2D eigenvalue weighted by molar-refractivity contribution is 0.505. The molecule has 0 spiro atoms. The highest BCUT2D eigenvalue weighted by atomic mass is 79.9. The van der Waals surface area contributed by atoms with E-state index in [1.807, 2.05) is 0 Å². The van der Waals surface area contributed by atoms with Crippen molar-refractivity contribution in [1.82, 2.24) is 0 Å². The molecule has 2 N–H and O–H groups in total. The van der Waals surface area contributed by atoms with E-state index < -0.39 is 0 Å². The van der Waals surface area contributed by atoms with Crippen molar-refractivity contribution in [2.45, 2.75) is 26.7 Å². The van der Waals surface area contributed by atoms with Gasteiger partial charge in [-0.25, -0.2) is 0 Å². The molecule has 0 rings (SSSR count). The molecule has 0 aromatic heterocycles. The minimum atomic E-state index is 0. The van der Waals surface area contributed by atoms with Crippen LogP contribution in [0.3, 0.4) is 0 Å². The van der Waals surface area contributed by atoms with Crippen molar-refractivity contribution in [1.29, 1.82) is 0 Å². The van der Waals surface area contributed by atoms with E-state index in [-0.39, 0.29) is 17.0 Å². The summed E-state index contributed by atoms with van der Waals surface area (Å²) >= 11 is 0. The van der Waals surface area contributed by atoms with E-state index in [0.717, 1.165) is 12.5 Å². The van der Waals surface area contributed by atoms with Crippen molar-refractivity contribution < 1.29 is 0 Å². The minimum Gasteiger partial charge on any atom is -0.330 e. The first kappa shape index (κ1) is 11.3. The smallest absolute Gasteiger partial charge is 0.00491 e. The molecule has 0 aliphatic carbocycles. The van der Waals surface area contributed by atoms with Crippen LogP contribution in [-0.4, -0.2) is 6.54 Å². The van der Waals surface area contributed by atoms with Gasteiger partial charge in [0.05, 0.1) is 0 Å². The SMILES string of the molecule is Br.CCC(CC)CN. The summed E-state index contributed by atoms with van der Waals surface area (Å²) in [6.45, 7) is 5.22. The first-order chi connectivity index (χ1) is 3.35. The predicted molar refractivity (Wildman–Crippen MR) is 43.4 cm³/mol. The summed E-state index contributed by atoms with van der Waals surface area (Å²) in [6, 6.07) is 0. The summed E-state index contributed by atoms with van der Waals surface area (Å²) < 4.78 is 0. The molecular weight excluding hydrogens is 166 g/mol. The second-order valence-electron chi connectivity index (χ2n) is 1.92. The third kappa shape index (κ3) is 4.60. The topological polar surface area (TPSA) is 26.0 Å². The van der Waals surface area contributed by atoms with Crippen molar-refractivity contribution in [3.8, 4) is 0 Å². The van der Waals surface area contributed by atoms with Crippen LogP contribution in [0.15, 0.2) is 0 Å². The van der Waals surface area contributed by atoms with Crippen LogP contribution >= 0.6 is 17.0 Å². The van der Waals surface area contributed by atoms with Gasteiger partial charge in [0.25, 0.3) is 0 Å². The van der Waals surface area contributed by atoms with E-state index in [2.05, 4.69) is 13.8 Å². The van der Waals surface area contributed by atoms with Gasteiger partial charge in [0.2, 0.25) is 0 Å². The molecule has 52 valence electrons. The largest absolute Gasteiger partial charge is 0.330 e. The van der Waals surface area contributed by atoms with E-state index in [1.165, 1.54) is 12.8 Å². The second-order valence-corrected chi connectivity index (χ2v) is 1.92. The maximum Gasteiger partial charge on any atom is -0.00491 e. The lowest BCUT2D eigenvalue weighted by Gasteiger charge is -2.05. The molecule has 0 saturated carbocycles. The molecule has 0 unspecified atom stereocenters. The molecule has 0 aromatic rings. The maximum atomic E-state index is 5.39. The highest BCUT2D eigenvalue weighted by Crippen LogP contribution is 2.02. The zero-order chi connectivity index (χ0) is 5.70. The van der Waals surface area contributed by atoms with E-state index in [4.69, 9.17) is 5.73 Å². The van der Waals surface area contributed by atoms with Gasteiger partial charge >= 0.3 is 0 Å². The van der Waals surface area contributed by atoms with Gasteiger partial charge in [-0.2, -0.15) is 0 Å². The highest BCUT2D eigenvalue weighted by molar-refractivity contribution is 8.93. The Balaban J connectivity index is 0. The monoisotopic (exact) mass is 181 g/mol. The summed E-state index contributed by atoms with van der Waals surface area (Å²) in [6.07, 6.45) is 2.46. The standard InChI is InChI=1S/C6H15N.BrH/c1-3-6(4-2)5-7;/h6H,3-5,7H2,1-2H3;1H. The zero-order valence-corrected chi connectivity index (χ0v) is 7.40. The molecule has 0 aromatic carbocycles. The molecule has 0 aliphatic heterocycles. The Morgan fingerprint density at radius 1 is 1.25 bits per heavy atom. The van der Waals surface area contributed by atoms with Gasteiger partial charge in [-0.05, 0) is 12.5 Å². The Morgan fingerprint density at radius 2 is 1.62 bits per heavy atom. The number of hydrogen-bond donors (Lipinski definition) is 1. The Kier molecular flexibility index (Phi) is 10.5. The number of nitrogens with two attached hydrogens (primary N) is 1. The molecular formula is C6H16BrN. The summed E-state index contributed by atoms with van der Waals surface area (Å²) in [5, 5.41) is 0. The quantitative estimate of drug-likeness (QED) is 0.709. The molecule has 0 heterocycles. The molecule has 1 nitrogen and oxygen atoms in total. The lowest BCUT2D eigenvalue weighted by atomic mass is 10.0. The van der Waals surface area contributed by atoms with Crippen LogP contribution in [0.4, 0.5) is 0 Å².